The highest BCUT2D eigenvalue weighted by Gasteiger charge is 2.42. The van der Waals surface area contributed by atoms with Gasteiger partial charge in [0.2, 0.25) is 6.10 Å². The first-order valence-corrected chi connectivity index (χ1v) is 18.3. The molecule has 0 bridgehead atoms. The van der Waals surface area contributed by atoms with Gasteiger partial charge in [-0.25, -0.2) is 14.0 Å². The van der Waals surface area contributed by atoms with E-state index in [2.05, 4.69) is 10.5 Å². The van der Waals surface area contributed by atoms with Crippen LogP contribution in [0.2, 0.25) is 5.02 Å². The lowest BCUT2D eigenvalue weighted by Crippen LogP contribution is -2.49. The van der Waals surface area contributed by atoms with E-state index in [1.807, 2.05) is 45.0 Å². The van der Waals surface area contributed by atoms with Crippen molar-refractivity contribution in [2.24, 2.45) is 5.16 Å². The second kappa shape index (κ2) is 15.3. The zero-order valence-corrected chi connectivity index (χ0v) is 32.0. The first kappa shape index (κ1) is 38.5. The van der Waals surface area contributed by atoms with Crippen LogP contribution in [0.3, 0.4) is 0 Å². The number of esters is 1. The summed E-state index contributed by atoms with van der Waals surface area (Å²) in [5.74, 6) is -2.10. The Bertz CT molecular complexity index is 2030. The predicted octanol–water partition coefficient (Wildman–Crippen LogP) is 7.72. The minimum atomic E-state index is -1.09. The average molecular weight is 759 g/mol. The van der Waals surface area contributed by atoms with Gasteiger partial charge in [-0.15, -0.1) is 0 Å². The lowest BCUT2D eigenvalue weighted by molar-refractivity contribution is -0.148. The molecule has 3 aromatic rings. The van der Waals surface area contributed by atoms with Gasteiger partial charge in [0.15, 0.2) is 5.82 Å². The number of carbonyl (C=O) groups is 4. The summed E-state index contributed by atoms with van der Waals surface area (Å²) in [6.07, 6.45) is 1.55. The number of oxime groups is 1. The Morgan fingerprint density at radius 3 is 2.24 bits per heavy atom. The first-order chi connectivity index (χ1) is 25.5. The largest absolute Gasteiger partial charge is 0.456 e. The van der Waals surface area contributed by atoms with E-state index in [4.69, 9.17) is 25.9 Å². The number of nitrogens with zero attached hydrogens (tertiary/aromatic N) is 3. The molecule has 11 nitrogen and oxygen atoms in total. The normalized spacial score (nSPS) is 18.5. The van der Waals surface area contributed by atoms with Crippen LogP contribution in [0, 0.1) is 5.82 Å². The SMILES string of the molecule is CC(C)(C)OC(=O)c1ccc(NC(=O)[C@@H]2c3cccc(C4=CCN(C(=O)OC(C)(C)C)CC4)c3CCN2C(=O)[C@H]2CC(c3cccc(Cl)c3F)=NO2)cc1. The Balaban J connectivity index is 1.28. The van der Waals surface area contributed by atoms with Crippen LogP contribution in [0.4, 0.5) is 14.9 Å². The van der Waals surface area contributed by atoms with E-state index in [-0.39, 0.29) is 35.4 Å². The average Bonchev–Trinajstić information content (AvgIpc) is 3.61. The van der Waals surface area contributed by atoms with Crippen LogP contribution >= 0.6 is 11.6 Å². The topological polar surface area (TPSA) is 127 Å². The summed E-state index contributed by atoms with van der Waals surface area (Å²) in [6, 6.07) is 15.5. The number of rotatable bonds is 6. The van der Waals surface area contributed by atoms with E-state index in [9.17, 15) is 23.6 Å². The van der Waals surface area contributed by atoms with Crippen molar-refractivity contribution >= 4 is 52.5 Å². The van der Waals surface area contributed by atoms with Gasteiger partial charge in [-0.1, -0.05) is 47.1 Å². The summed E-state index contributed by atoms with van der Waals surface area (Å²) in [4.78, 5) is 62.6. The van der Waals surface area contributed by atoms with Gasteiger partial charge in [-0.2, -0.15) is 0 Å². The highest BCUT2D eigenvalue weighted by Crippen LogP contribution is 2.38. The second-order valence-electron chi connectivity index (χ2n) is 15.5. The van der Waals surface area contributed by atoms with Crippen LogP contribution in [-0.2, 0) is 30.3 Å². The van der Waals surface area contributed by atoms with E-state index >= 15 is 0 Å². The first-order valence-electron chi connectivity index (χ1n) is 17.9. The van der Waals surface area contributed by atoms with E-state index < -0.39 is 46.9 Å². The van der Waals surface area contributed by atoms with E-state index in [1.165, 1.54) is 17.0 Å². The molecule has 6 rings (SSSR count). The maximum atomic E-state index is 14.9. The maximum Gasteiger partial charge on any atom is 0.410 e. The molecule has 3 heterocycles. The van der Waals surface area contributed by atoms with Crippen molar-refractivity contribution in [1.29, 1.82) is 0 Å². The number of anilines is 1. The Kier molecular flexibility index (Phi) is 10.9. The third-order valence-corrected chi connectivity index (χ3v) is 9.45. The van der Waals surface area contributed by atoms with Gasteiger partial charge in [-0.05, 0) is 113 Å². The number of ether oxygens (including phenoxy) is 2. The van der Waals surface area contributed by atoms with Crippen molar-refractivity contribution in [2.75, 3.05) is 25.0 Å². The fourth-order valence-electron chi connectivity index (χ4n) is 6.71. The third-order valence-electron chi connectivity index (χ3n) is 9.15. The van der Waals surface area contributed by atoms with Gasteiger partial charge < -0.3 is 29.4 Å². The number of hydrogen-bond acceptors (Lipinski definition) is 8. The summed E-state index contributed by atoms with van der Waals surface area (Å²) in [5.41, 5.74) is 3.38. The molecule has 3 aromatic carbocycles. The summed E-state index contributed by atoms with van der Waals surface area (Å²) >= 11 is 6.00. The number of carbonyl (C=O) groups excluding carboxylic acids is 4. The fourth-order valence-corrected chi connectivity index (χ4v) is 6.89. The van der Waals surface area contributed by atoms with Gasteiger partial charge in [0.1, 0.15) is 17.2 Å². The Hall–Kier alpha value is -5.23. The van der Waals surface area contributed by atoms with Crippen molar-refractivity contribution in [3.63, 3.8) is 0 Å². The van der Waals surface area contributed by atoms with Crippen LogP contribution in [0.15, 0.2) is 71.9 Å². The van der Waals surface area contributed by atoms with Gasteiger partial charge >= 0.3 is 12.1 Å². The number of fused-ring (bicyclic) bond motifs is 1. The molecule has 0 unspecified atom stereocenters. The molecular formula is C41H44ClFN4O7. The molecule has 1 N–H and O–H groups in total. The molecule has 3 aliphatic heterocycles. The monoisotopic (exact) mass is 758 g/mol. The number of benzene rings is 3. The van der Waals surface area contributed by atoms with E-state index in [0.717, 1.165) is 16.7 Å². The van der Waals surface area contributed by atoms with Crippen molar-refractivity contribution in [2.45, 2.75) is 84.2 Å². The molecule has 0 aromatic heterocycles. The number of nitrogens with one attached hydrogen (secondary N) is 1. The Labute approximate surface area is 319 Å². The Morgan fingerprint density at radius 1 is 0.889 bits per heavy atom. The fraction of sp³-hybridized carbons (Fsp3) is 0.390. The van der Waals surface area contributed by atoms with Gasteiger partial charge in [-0.3, -0.25) is 9.59 Å². The van der Waals surface area contributed by atoms with Crippen LogP contribution in [0.1, 0.15) is 93.0 Å². The quantitative estimate of drug-likeness (QED) is 0.255. The van der Waals surface area contributed by atoms with Gasteiger partial charge in [0, 0.05) is 37.3 Å². The minimum Gasteiger partial charge on any atom is -0.456 e. The zero-order valence-electron chi connectivity index (χ0n) is 31.2. The maximum absolute atomic E-state index is 14.9. The van der Waals surface area contributed by atoms with Crippen molar-refractivity contribution in [3.8, 4) is 0 Å². The van der Waals surface area contributed by atoms with E-state index in [0.29, 0.717) is 42.7 Å². The van der Waals surface area contributed by atoms with Crippen molar-refractivity contribution in [3.05, 3.63) is 105 Å². The number of amides is 3. The zero-order chi connectivity index (χ0) is 38.9. The molecule has 0 spiro atoms. The summed E-state index contributed by atoms with van der Waals surface area (Å²) in [7, 11) is 0. The van der Waals surface area contributed by atoms with Crippen LogP contribution in [-0.4, -0.2) is 76.3 Å². The lowest BCUT2D eigenvalue weighted by Gasteiger charge is -2.38. The Morgan fingerprint density at radius 2 is 1.57 bits per heavy atom. The van der Waals surface area contributed by atoms with Crippen molar-refractivity contribution in [1.82, 2.24) is 9.80 Å². The molecule has 0 saturated carbocycles. The number of hydrogen-bond donors (Lipinski definition) is 1. The molecule has 3 amide bonds. The van der Waals surface area contributed by atoms with Crippen LogP contribution in [0.5, 0.6) is 0 Å². The summed E-state index contributed by atoms with van der Waals surface area (Å²) in [5, 5.41) is 6.89. The molecule has 0 fully saturated rings. The predicted molar refractivity (Wildman–Crippen MR) is 203 cm³/mol. The van der Waals surface area contributed by atoms with Crippen LogP contribution < -0.4 is 5.32 Å². The summed E-state index contributed by atoms with van der Waals surface area (Å²) < 4.78 is 25.9. The molecule has 2 atom stereocenters. The molecule has 284 valence electrons. The van der Waals surface area contributed by atoms with Gasteiger partial charge in [0.25, 0.3) is 11.8 Å². The third kappa shape index (κ3) is 8.59. The molecule has 54 heavy (non-hydrogen) atoms. The molecule has 0 saturated heterocycles. The second-order valence-corrected chi connectivity index (χ2v) is 15.9. The lowest BCUT2D eigenvalue weighted by atomic mass is 9.84. The smallest absolute Gasteiger partial charge is 0.410 e. The van der Waals surface area contributed by atoms with E-state index in [1.54, 1.807) is 56.0 Å². The summed E-state index contributed by atoms with van der Waals surface area (Å²) in [6.45, 7) is 11.9. The molecule has 3 aliphatic rings. The van der Waals surface area contributed by atoms with Gasteiger partial charge in [0.05, 0.1) is 16.3 Å². The van der Waals surface area contributed by atoms with Crippen molar-refractivity contribution < 1.29 is 37.9 Å². The standard InChI is InChI=1S/C41H44ClFN4O7/c1-40(2,3)52-38(50)25-13-15-26(16-14-25)44-36(48)35-29-10-7-9-27(24-17-20-46(21-18-24)39(51)53-41(4,5)6)28(29)19-22-47(35)37(49)33-23-32(45-54-33)30-11-8-12-31(42)34(30)43/h7-17,33,35H,18-23H2,1-6H3,(H,44,48)/t33-,35+/m1/s1. The minimum absolute atomic E-state index is 0.0129. The molecule has 0 radical (unpaired) electrons. The highest BCUT2D eigenvalue weighted by atomic mass is 35.5. The molecule has 0 aliphatic carbocycles. The van der Waals surface area contributed by atoms with Crippen LogP contribution in [0.25, 0.3) is 5.57 Å². The molecule has 13 heteroatoms. The highest BCUT2D eigenvalue weighted by molar-refractivity contribution is 6.31. The molecular weight excluding hydrogens is 715 g/mol. The number of halogens is 2.